The zero-order valence-corrected chi connectivity index (χ0v) is 19.0. The molecule has 4 aromatic rings. The lowest BCUT2D eigenvalue weighted by molar-refractivity contribution is -0.385. The minimum atomic E-state index is -0.775. The molecule has 1 heterocycles. The number of para-hydroxylation sites is 1. The van der Waals surface area contributed by atoms with Crippen molar-refractivity contribution in [3.63, 3.8) is 0 Å². The van der Waals surface area contributed by atoms with E-state index < -0.39 is 28.7 Å². The number of primary amides is 1. The lowest BCUT2D eigenvalue weighted by Crippen LogP contribution is -2.20. The number of carbonyl (C=O) groups excluding carboxylic acids is 1. The fourth-order valence-corrected chi connectivity index (χ4v) is 3.81. The first-order chi connectivity index (χ1) is 16.3. The van der Waals surface area contributed by atoms with E-state index in [9.17, 15) is 19.7 Å². The second-order valence-corrected chi connectivity index (χ2v) is 7.90. The van der Waals surface area contributed by atoms with Crippen LogP contribution in [0, 0.1) is 10.1 Å². The molecule has 0 aliphatic carbocycles. The Bertz CT molecular complexity index is 1500. The number of nitro groups is 1. The monoisotopic (exact) mass is 521 g/mol. The molecule has 4 rings (SSSR count). The third-order valence-electron chi connectivity index (χ3n) is 4.71. The van der Waals surface area contributed by atoms with Gasteiger partial charge in [0.05, 0.1) is 26.5 Å². The van der Waals surface area contributed by atoms with Crippen LogP contribution in [0.1, 0.15) is 5.56 Å². The fraction of sp³-hybridized carbons (Fsp3) is 0.0435. The van der Waals surface area contributed by atoms with E-state index in [-0.39, 0.29) is 10.2 Å². The van der Waals surface area contributed by atoms with Gasteiger partial charge >= 0.3 is 5.69 Å². The molecule has 0 spiro atoms. The fourth-order valence-electron chi connectivity index (χ4n) is 3.22. The van der Waals surface area contributed by atoms with E-state index in [4.69, 9.17) is 10.5 Å². The van der Waals surface area contributed by atoms with Crippen molar-refractivity contribution in [2.45, 2.75) is 0 Å². The molecule has 0 unspecified atom stereocenters. The van der Waals surface area contributed by atoms with Crippen molar-refractivity contribution >= 4 is 44.6 Å². The summed E-state index contributed by atoms with van der Waals surface area (Å²) in [6, 6.07) is 18.7. The Kier molecular flexibility index (Phi) is 6.46. The Morgan fingerprint density at radius 2 is 1.88 bits per heavy atom. The van der Waals surface area contributed by atoms with E-state index in [1.165, 1.54) is 18.3 Å². The van der Waals surface area contributed by atoms with E-state index in [0.717, 1.165) is 4.68 Å². The summed E-state index contributed by atoms with van der Waals surface area (Å²) in [7, 11) is 0. The van der Waals surface area contributed by atoms with Crippen LogP contribution in [0.15, 0.2) is 81.1 Å². The van der Waals surface area contributed by atoms with Gasteiger partial charge in [-0.25, -0.2) is 4.98 Å². The average Bonchev–Trinajstić information content (AvgIpc) is 2.82. The summed E-state index contributed by atoms with van der Waals surface area (Å²) in [5, 5.41) is 16.2. The van der Waals surface area contributed by atoms with Crippen LogP contribution in [0.2, 0.25) is 0 Å². The average molecular weight is 522 g/mol. The zero-order valence-electron chi connectivity index (χ0n) is 17.4. The van der Waals surface area contributed by atoms with Crippen molar-refractivity contribution in [1.29, 1.82) is 0 Å². The number of nitrogens with two attached hydrogens (primary N) is 1. The van der Waals surface area contributed by atoms with Crippen LogP contribution < -0.4 is 16.0 Å². The van der Waals surface area contributed by atoms with Crippen molar-refractivity contribution < 1.29 is 14.5 Å². The largest absolute Gasteiger partial charge is 0.476 e. The van der Waals surface area contributed by atoms with Crippen LogP contribution in [0.25, 0.3) is 22.3 Å². The Balaban J connectivity index is 1.84. The molecule has 0 aliphatic rings. The molecule has 2 N–H and O–H groups in total. The molecule has 0 atom stereocenters. The number of aromatic nitrogens is 2. The third kappa shape index (κ3) is 4.69. The van der Waals surface area contributed by atoms with Gasteiger partial charge in [-0.15, -0.1) is 0 Å². The van der Waals surface area contributed by atoms with Gasteiger partial charge in [-0.05, 0) is 34.1 Å². The first-order valence-electron chi connectivity index (χ1n) is 9.86. The van der Waals surface area contributed by atoms with E-state index in [0.29, 0.717) is 27.9 Å². The molecule has 34 heavy (non-hydrogen) atoms. The number of hydrogen-bond donors (Lipinski definition) is 1. The van der Waals surface area contributed by atoms with Gasteiger partial charge in [-0.3, -0.25) is 19.7 Å². The standard InChI is InChI=1S/C23H16BrN5O5/c24-17-10-14(11-19(29(32)33)21(17)34-13-20(25)30)12-26-28-22(15-6-2-1-3-7-15)27-18-9-5-4-8-16(18)23(28)31/h1-12H,13H2,(H2,25,30). The molecule has 0 aliphatic heterocycles. The summed E-state index contributed by atoms with van der Waals surface area (Å²) >= 11 is 3.22. The first kappa shape index (κ1) is 22.8. The number of nitro benzene ring substituents is 1. The van der Waals surface area contributed by atoms with E-state index in [2.05, 4.69) is 26.0 Å². The second-order valence-electron chi connectivity index (χ2n) is 7.04. The number of nitrogens with zero attached hydrogens (tertiary/aromatic N) is 4. The van der Waals surface area contributed by atoms with Crippen LogP contribution in [0.4, 0.5) is 5.69 Å². The molecular weight excluding hydrogens is 506 g/mol. The van der Waals surface area contributed by atoms with Gasteiger partial charge in [0.25, 0.3) is 11.5 Å². The molecule has 0 saturated heterocycles. The molecule has 0 bridgehead atoms. The molecule has 0 radical (unpaired) electrons. The summed E-state index contributed by atoms with van der Waals surface area (Å²) in [6.07, 6.45) is 1.31. The van der Waals surface area contributed by atoms with Crippen molar-refractivity contribution in [1.82, 2.24) is 9.66 Å². The Labute approximate surface area is 200 Å². The minimum absolute atomic E-state index is 0.143. The predicted molar refractivity (Wildman–Crippen MR) is 130 cm³/mol. The maximum Gasteiger partial charge on any atom is 0.312 e. The summed E-state index contributed by atoms with van der Waals surface area (Å²) < 4.78 is 6.55. The van der Waals surface area contributed by atoms with Crippen LogP contribution >= 0.6 is 15.9 Å². The number of hydrogen-bond acceptors (Lipinski definition) is 7. The highest BCUT2D eigenvalue weighted by Crippen LogP contribution is 2.36. The Morgan fingerprint density at radius 1 is 1.18 bits per heavy atom. The highest BCUT2D eigenvalue weighted by atomic mass is 79.9. The molecular formula is C23H16BrN5O5. The summed E-state index contributed by atoms with van der Waals surface area (Å²) in [6.45, 7) is -0.522. The molecule has 0 saturated carbocycles. The summed E-state index contributed by atoms with van der Waals surface area (Å²) in [4.78, 5) is 39.7. The molecule has 1 aromatic heterocycles. The van der Waals surface area contributed by atoms with Crippen LogP contribution in [-0.4, -0.2) is 33.3 Å². The third-order valence-corrected chi connectivity index (χ3v) is 5.30. The highest BCUT2D eigenvalue weighted by molar-refractivity contribution is 9.10. The number of halogens is 1. The smallest absolute Gasteiger partial charge is 0.312 e. The number of fused-ring (bicyclic) bond motifs is 1. The highest BCUT2D eigenvalue weighted by Gasteiger charge is 2.21. The molecule has 11 heteroatoms. The normalized spacial score (nSPS) is 11.1. The van der Waals surface area contributed by atoms with Gasteiger partial charge in [-0.1, -0.05) is 42.5 Å². The molecule has 10 nitrogen and oxygen atoms in total. The van der Waals surface area contributed by atoms with Crippen LogP contribution in [0.3, 0.4) is 0 Å². The number of benzene rings is 3. The first-order valence-corrected chi connectivity index (χ1v) is 10.6. The van der Waals surface area contributed by atoms with Crippen molar-refractivity contribution in [3.8, 4) is 17.1 Å². The van der Waals surface area contributed by atoms with Gasteiger partial charge in [0.15, 0.2) is 12.4 Å². The van der Waals surface area contributed by atoms with Crippen molar-refractivity contribution in [3.05, 3.63) is 97.2 Å². The van der Waals surface area contributed by atoms with Gasteiger partial charge in [0.2, 0.25) is 5.75 Å². The Hall–Kier alpha value is -4.38. The van der Waals surface area contributed by atoms with Gasteiger partial charge < -0.3 is 10.5 Å². The molecule has 170 valence electrons. The lowest BCUT2D eigenvalue weighted by Gasteiger charge is -2.10. The minimum Gasteiger partial charge on any atom is -0.476 e. The summed E-state index contributed by atoms with van der Waals surface area (Å²) in [5.41, 5.74) is 5.78. The van der Waals surface area contributed by atoms with Gasteiger partial charge in [0, 0.05) is 17.2 Å². The maximum atomic E-state index is 13.2. The van der Waals surface area contributed by atoms with Crippen LogP contribution in [-0.2, 0) is 4.79 Å². The maximum absolute atomic E-state index is 13.2. The number of carbonyl (C=O) groups is 1. The quantitative estimate of drug-likeness (QED) is 0.224. The van der Waals surface area contributed by atoms with E-state index >= 15 is 0 Å². The second kappa shape index (κ2) is 9.63. The van der Waals surface area contributed by atoms with Gasteiger partial charge in [0.1, 0.15) is 0 Å². The Morgan fingerprint density at radius 3 is 2.59 bits per heavy atom. The number of rotatable bonds is 7. The van der Waals surface area contributed by atoms with E-state index in [1.54, 1.807) is 36.4 Å². The predicted octanol–water partition coefficient (Wildman–Crippen LogP) is 3.48. The number of amides is 1. The molecule has 3 aromatic carbocycles. The number of ether oxygens (including phenoxy) is 1. The van der Waals surface area contributed by atoms with Crippen LogP contribution in [0.5, 0.6) is 5.75 Å². The molecule has 1 amide bonds. The lowest BCUT2D eigenvalue weighted by atomic mass is 10.2. The van der Waals surface area contributed by atoms with Crippen molar-refractivity contribution in [2.75, 3.05) is 6.61 Å². The summed E-state index contributed by atoms with van der Waals surface area (Å²) in [5.74, 6) is -0.602. The van der Waals surface area contributed by atoms with E-state index in [1.807, 2.05) is 18.2 Å². The zero-order chi connectivity index (χ0) is 24.2. The van der Waals surface area contributed by atoms with Crippen molar-refractivity contribution in [2.24, 2.45) is 10.8 Å². The topological polar surface area (TPSA) is 143 Å². The van der Waals surface area contributed by atoms with Gasteiger partial charge in [-0.2, -0.15) is 9.78 Å². The molecule has 0 fully saturated rings. The SMILES string of the molecule is NC(=O)COc1c(Br)cc(C=Nn2c(-c3ccccc3)nc3ccccc3c2=O)cc1[N+](=O)[O-].